The number of hydrogen-bond donors (Lipinski definition) is 2. The van der Waals surface area contributed by atoms with Crippen molar-refractivity contribution in [2.75, 3.05) is 13.1 Å². The lowest BCUT2D eigenvalue weighted by molar-refractivity contribution is -0.387. The summed E-state index contributed by atoms with van der Waals surface area (Å²) < 4.78 is 5.65. The first-order valence-electron chi connectivity index (χ1n) is 14.9. The molecular formula is C34H39N5O6S. The second-order valence-corrected chi connectivity index (χ2v) is 13.3. The Morgan fingerprint density at radius 1 is 1.13 bits per heavy atom. The van der Waals surface area contributed by atoms with Crippen LogP contribution in [0.2, 0.25) is 0 Å². The molecule has 2 aromatic carbocycles. The molecule has 2 amide bonds. The van der Waals surface area contributed by atoms with E-state index in [0.717, 1.165) is 16.0 Å². The van der Waals surface area contributed by atoms with Gasteiger partial charge < -0.3 is 20.3 Å². The summed E-state index contributed by atoms with van der Waals surface area (Å²) in [6.45, 7) is 13.7. The number of nitro groups is 1. The fourth-order valence-corrected chi connectivity index (χ4v) is 6.24. The number of hydrogen-bond acceptors (Lipinski definition) is 9. The van der Waals surface area contributed by atoms with Crippen LogP contribution in [-0.4, -0.2) is 63.4 Å². The lowest BCUT2D eigenvalue weighted by atomic mass is 9.98. The number of rotatable bonds is 10. The van der Waals surface area contributed by atoms with Crippen molar-refractivity contribution in [3.05, 3.63) is 100 Å². The molecular weight excluding hydrogens is 606 g/mol. The van der Waals surface area contributed by atoms with Crippen molar-refractivity contribution >= 4 is 40.8 Å². The molecule has 46 heavy (non-hydrogen) atoms. The summed E-state index contributed by atoms with van der Waals surface area (Å²) in [5.74, 6) is -1.66. The molecule has 2 heterocycles. The third kappa shape index (κ3) is 8.38. The van der Waals surface area contributed by atoms with Crippen LogP contribution < -0.4 is 10.6 Å². The first-order chi connectivity index (χ1) is 21.8. The van der Waals surface area contributed by atoms with Crippen LogP contribution in [0.3, 0.4) is 0 Å². The van der Waals surface area contributed by atoms with Gasteiger partial charge in [-0.1, -0.05) is 56.5 Å². The normalized spacial score (nSPS) is 16.5. The highest BCUT2D eigenvalue weighted by atomic mass is 32.2. The van der Waals surface area contributed by atoms with Crippen LogP contribution in [0.4, 0.5) is 5.69 Å². The SMILES string of the molecule is C=C(C(=O)N1CCNC(C(=O)NCc2ccncc2)C1C(=O)OC(C)(C)C)c1ccc(Sc2ccccc2C(C)C)c([N+](=O)[O-])c1. The van der Waals surface area contributed by atoms with Crippen molar-refractivity contribution in [3.63, 3.8) is 0 Å². The summed E-state index contributed by atoms with van der Waals surface area (Å²) in [4.78, 5) is 59.2. The van der Waals surface area contributed by atoms with Crippen molar-refractivity contribution in [3.8, 4) is 0 Å². The van der Waals surface area contributed by atoms with Crippen LogP contribution in [-0.2, 0) is 25.7 Å². The maximum Gasteiger partial charge on any atom is 0.331 e. The third-order valence-corrected chi connectivity index (χ3v) is 8.46. The van der Waals surface area contributed by atoms with Crippen molar-refractivity contribution < 1.29 is 24.0 Å². The van der Waals surface area contributed by atoms with Crippen LogP contribution >= 0.6 is 11.8 Å². The lowest BCUT2D eigenvalue weighted by Crippen LogP contribution is -2.67. The van der Waals surface area contributed by atoms with Gasteiger partial charge in [-0.25, -0.2) is 4.79 Å². The van der Waals surface area contributed by atoms with Crippen molar-refractivity contribution in [1.82, 2.24) is 20.5 Å². The van der Waals surface area contributed by atoms with Crippen molar-refractivity contribution in [1.29, 1.82) is 0 Å². The van der Waals surface area contributed by atoms with Gasteiger partial charge >= 0.3 is 5.97 Å². The van der Waals surface area contributed by atoms with E-state index in [2.05, 4.69) is 36.0 Å². The van der Waals surface area contributed by atoms with E-state index in [-0.39, 0.29) is 42.4 Å². The molecule has 0 bridgehead atoms. The quantitative estimate of drug-likeness (QED) is 0.133. The van der Waals surface area contributed by atoms with E-state index in [1.807, 2.05) is 24.3 Å². The molecule has 1 aliphatic rings. The number of nitrogens with one attached hydrogen (secondary N) is 2. The van der Waals surface area contributed by atoms with Gasteiger partial charge in [-0.05, 0) is 67.6 Å². The average Bonchev–Trinajstić information content (AvgIpc) is 3.02. The van der Waals surface area contributed by atoms with E-state index in [0.29, 0.717) is 4.90 Å². The second kappa shape index (κ2) is 14.7. The fourth-order valence-electron chi connectivity index (χ4n) is 5.06. The summed E-state index contributed by atoms with van der Waals surface area (Å²) in [7, 11) is 0. The van der Waals surface area contributed by atoms with Gasteiger partial charge in [-0.3, -0.25) is 24.7 Å². The Kier molecular flexibility index (Phi) is 11.0. The molecule has 0 radical (unpaired) electrons. The fraction of sp³-hybridized carbons (Fsp3) is 0.353. The van der Waals surface area contributed by atoms with E-state index >= 15 is 0 Å². The van der Waals surface area contributed by atoms with Crippen LogP contribution in [0, 0.1) is 10.1 Å². The molecule has 1 saturated heterocycles. The molecule has 0 saturated carbocycles. The molecule has 1 aliphatic heterocycles. The van der Waals surface area contributed by atoms with Gasteiger partial charge in [0.05, 0.1) is 9.82 Å². The summed E-state index contributed by atoms with van der Waals surface area (Å²) in [5, 5.41) is 18.1. The number of nitro benzene ring substituents is 1. The average molecular weight is 646 g/mol. The molecule has 242 valence electrons. The standard InChI is InChI=1S/C34H39N5O6S/c1-21(2)25-9-7-8-10-27(25)46-28-12-11-24(19-26(28)39(43)44)22(3)32(41)38-18-17-36-29(30(38)33(42)45-34(4,5)6)31(40)37-20-23-13-15-35-16-14-23/h7-16,19,21,29-30,36H,3,17-18,20H2,1-2,4-6H3,(H,37,40). The van der Waals surface area contributed by atoms with Crippen LogP contribution in [0.25, 0.3) is 5.57 Å². The first kappa shape index (κ1) is 34.3. The highest BCUT2D eigenvalue weighted by molar-refractivity contribution is 7.99. The smallest absolute Gasteiger partial charge is 0.331 e. The predicted molar refractivity (Wildman–Crippen MR) is 176 cm³/mol. The van der Waals surface area contributed by atoms with Gasteiger partial charge in [0, 0.05) is 48.6 Å². The minimum absolute atomic E-state index is 0.0476. The zero-order valence-electron chi connectivity index (χ0n) is 26.6. The van der Waals surface area contributed by atoms with E-state index in [1.54, 1.807) is 57.4 Å². The molecule has 4 rings (SSSR count). The predicted octanol–water partition coefficient (Wildman–Crippen LogP) is 5.10. The molecule has 2 N–H and O–H groups in total. The Morgan fingerprint density at radius 3 is 2.48 bits per heavy atom. The first-order valence-corrected chi connectivity index (χ1v) is 15.8. The molecule has 2 unspecified atom stereocenters. The molecule has 1 fully saturated rings. The topological polar surface area (TPSA) is 144 Å². The van der Waals surface area contributed by atoms with E-state index < -0.39 is 40.4 Å². The number of nitrogens with zero attached hydrogens (tertiary/aromatic N) is 3. The van der Waals surface area contributed by atoms with Crippen LogP contribution in [0.5, 0.6) is 0 Å². The minimum Gasteiger partial charge on any atom is -0.458 e. The molecule has 0 aliphatic carbocycles. The number of carbonyl (C=O) groups excluding carboxylic acids is 3. The highest BCUT2D eigenvalue weighted by Gasteiger charge is 2.45. The molecule has 11 nitrogen and oxygen atoms in total. The lowest BCUT2D eigenvalue weighted by Gasteiger charge is -2.40. The summed E-state index contributed by atoms with van der Waals surface area (Å²) >= 11 is 1.29. The van der Waals surface area contributed by atoms with Gasteiger partial charge in [0.15, 0.2) is 6.04 Å². The Morgan fingerprint density at radius 2 is 1.83 bits per heavy atom. The zero-order valence-corrected chi connectivity index (χ0v) is 27.4. The Hall–Kier alpha value is -4.55. The minimum atomic E-state index is -1.31. The Balaban J connectivity index is 1.61. The van der Waals surface area contributed by atoms with E-state index in [4.69, 9.17) is 4.74 Å². The van der Waals surface area contributed by atoms with Crippen LogP contribution in [0.15, 0.2) is 83.4 Å². The molecule has 12 heteroatoms. The van der Waals surface area contributed by atoms with E-state index in [9.17, 15) is 24.5 Å². The number of aromatic nitrogens is 1. The van der Waals surface area contributed by atoms with Gasteiger partial charge in [-0.15, -0.1) is 0 Å². The molecule has 2 atom stereocenters. The molecule has 3 aromatic rings. The number of carbonyl (C=O) groups is 3. The maximum atomic E-state index is 14.0. The third-order valence-electron chi connectivity index (χ3n) is 7.30. The number of piperazine rings is 1. The van der Waals surface area contributed by atoms with Crippen molar-refractivity contribution in [2.24, 2.45) is 0 Å². The largest absolute Gasteiger partial charge is 0.458 e. The van der Waals surface area contributed by atoms with Crippen LogP contribution in [0.1, 0.15) is 57.2 Å². The van der Waals surface area contributed by atoms with Crippen molar-refractivity contribution in [2.45, 2.75) is 74.6 Å². The van der Waals surface area contributed by atoms with Gasteiger partial charge in [-0.2, -0.15) is 0 Å². The summed E-state index contributed by atoms with van der Waals surface area (Å²) in [6.07, 6.45) is 3.21. The molecule has 0 spiro atoms. The summed E-state index contributed by atoms with van der Waals surface area (Å²) in [6, 6.07) is 13.4. The van der Waals surface area contributed by atoms with Gasteiger partial charge in [0.1, 0.15) is 11.6 Å². The van der Waals surface area contributed by atoms with Gasteiger partial charge in [0.2, 0.25) is 5.91 Å². The number of pyridine rings is 1. The Bertz CT molecular complexity index is 1620. The number of ether oxygens (including phenoxy) is 1. The second-order valence-electron chi connectivity index (χ2n) is 12.2. The van der Waals surface area contributed by atoms with Gasteiger partial charge in [0.25, 0.3) is 11.6 Å². The number of benzene rings is 2. The summed E-state index contributed by atoms with van der Waals surface area (Å²) in [5.41, 5.74) is 1.00. The monoisotopic (exact) mass is 645 g/mol. The maximum absolute atomic E-state index is 14.0. The molecule has 1 aromatic heterocycles. The van der Waals surface area contributed by atoms with E-state index in [1.165, 1.54) is 22.7 Å². The number of esters is 1. The highest BCUT2D eigenvalue weighted by Crippen LogP contribution is 2.39. The zero-order chi connectivity index (χ0) is 33.6. The number of amides is 2. The Labute approximate surface area is 273 Å².